The maximum atomic E-state index is 13.7. The fraction of sp³-hybridized carbons (Fsp3) is 0.481. The second kappa shape index (κ2) is 11.9. The lowest BCUT2D eigenvalue weighted by Crippen LogP contribution is -2.42. The third-order valence-corrected chi connectivity index (χ3v) is 10.1. The Morgan fingerprint density at radius 2 is 1.84 bits per heavy atom. The largest absolute Gasteiger partial charge is 0.497 e. The van der Waals surface area contributed by atoms with E-state index < -0.39 is 10.0 Å². The van der Waals surface area contributed by atoms with E-state index >= 15 is 0 Å². The zero-order chi connectivity index (χ0) is 26.6. The Morgan fingerprint density at radius 1 is 1.11 bits per heavy atom. The van der Waals surface area contributed by atoms with Crippen molar-refractivity contribution in [2.24, 2.45) is 0 Å². The maximum Gasteiger partial charge on any atom is 0.260 e. The van der Waals surface area contributed by atoms with Crippen LogP contribution in [0.5, 0.6) is 5.75 Å². The number of methoxy groups -OCH3 is 1. The lowest BCUT2D eigenvalue weighted by atomic mass is 10.1. The Labute approximate surface area is 223 Å². The smallest absolute Gasteiger partial charge is 0.260 e. The molecule has 0 N–H and O–H groups in total. The fourth-order valence-corrected chi connectivity index (χ4v) is 7.41. The number of hydrogen-bond donors (Lipinski definition) is 0. The van der Waals surface area contributed by atoms with E-state index in [1.807, 2.05) is 25.1 Å². The minimum Gasteiger partial charge on any atom is -0.497 e. The number of hydrogen-bond acceptors (Lipinski definition) is 7. The average Bonchev–Trinajstić information content (AvgIpc) is 3.34. The predicted molar refractivity (Wildman–Crippen MR) is 149 cm³/mol. The van der Waals surface area contributed by atoms with Crippen LogP contribution in [-0.2, 0) is 10.0 Å². The van der Waals surface area contributed by atoms with Crippen LogP contribution in [0, 0.1) is 0 Å². The van der Waals surface area contributed by atoms with Crippen LogP contribution in [0.2, 0.25) is 0 Å². The summed E-state index contributed by atoms with van der Waals surface area (Å²) >= 11 is 1.44. The van der Waals surface area contributed by atoms with E-state index in [4.69, 9.17) is 9.72 Å². The van der Waals surface area contributed by atoms with E-state index in [1.165, 1.54) is 11.3 Å². The number of aromatic nitrogens is 1. The molecule has 8 nitrogen and oxygen atoms in total. The summed E-state index contributed by atoms with van der Waals surface area (Å²) in [6.45, 7) is 9.64. The van der Waals surface area contributed by atoms with E-state index in [9.17, 15) is 13.2 Å². The van der Waals surface area contributed by atoms with Crippen molar-refractivity contribution in [3.8, 4) is 5.75 Å². The molecule has 10 heteroatoms. The van der Waals surface area contributed by atoms with E-state index in [1.54, 1.807) is 40.6 Å². The summed E-state index contributed by atoms with van der Waals surface area (Å²) in [7, 11) is -1.97. The van der Waals surface area contributed by atoms with E-state index in [2.05, 4.69) is 18.7 Å². The number of anilines is 1. The molecule has 1 aliphatic rings. The van der Waals surface area contributed by atoms with Gasteiger partial charge in [0, 0.05) is 31.2 Å². The standard InChI is InChI=1S/C27H36N4O4S2/c1-5-29(6-2)17-18-30(27-28-24-15-12-22(35-4)19-25(24)36-27)26(32)21-10-13-23(14-11-21)37(33,34)31-16-8-7-9-20(31)3/h10-15,19-20H,5-9,16-18H2,1-4H3. The van der Waals surface area contributed by atoms with Crippen molar-refractivity contribution in [1.82, 2.24) is 14.2 Å². The maximum absolute atomic E-state index is 13.7. The summed E-state index contributed by atoms with van der Waals surface area (Å²) in [4.78, 5) is 22.7. The van der Waals surface area contributed by atoms with Crippen molar-refractivity contribution < 1.29 is 17.9 Å². The molecule has 200 valence electrons. The van der Waals surface area contributed by atoms with Crippen LogP contribution >= 0.6 is 11.3 Å². The van der Waals surface area contributed by atoms with Gasteiger partial charge in [0.05, 0.1) is 22.2 Å². The van der Waals surface area contributed by atoms with Crippen LogP contribution in [0.1, 0.15) is 50.4 Å². The van der Waals surface area contributed by atoms with Gasteiger partial charge in [0.15, 0.2) is 5.13 Å². The fourth-order valence-electron chi connectivity index (χ4n) is 4.69. The van der Waals surface area contributed by atoms with E-state index in [0.717, 1.165) is 48.3 Å². The lowest BCUT2D eigenvalue weighted by Gasteiger charge is -2.32. The van der Waals surface area contributed by atoms with Crippen molar-refractivity contribution in [3.05, 3.63) is 48.0 Å². The molecule has 1 saturated heterocycles. The number of sulfonamides is 1. The topological polar surface area (TPSA) is 83.1 Å². The predicted octanol–water partition coefficient (Wildman–Crippen LogP) is 4.86. The summed E-state index contributed by atoms with van der Waals surface area (Å²) in [6.07, 6.45) is 2.78. The first-order valence-electron chi connectivity index (χ1n) is 12.9. The molecule has 1 unspecified atom stereocenters. The number of rotatable bonds is 10. The first kappa shape index (κ1) is 27.5. The van der Waals surface area contributed by atoms with Crippen molar-refractivity contribution >= 4 is 42.6 Å². The number of nitrogens with zero attached hydrogens (tertiary/aromatic N) is 4. The number of ether oxygens (including phenoxy) is 1. The number of carbonyl (C=O) groups excluding carboxylic acids is 1. The highest BCUT2D eigenvalue weighted by atomic mass is 32.2. The third kappa shape index (κ3) is 5.98. The second-order valence-electron chi connectivity index (χ2n) is 9.30. The summed E-state index contributed by atoms with van der Waals surface area (Å²) in [5.74, 6) is 0.539. The van der Waals surface area contributed by atoms with Crippen molar-refractivity contribution in [2.45, 2.75) is 51.0 Å². The highest BCUT2D eigenvalue weighted by molar-refractivity contribution is 7.89. The molecule has 1 atom stereocenters. The number of amides is 1. The first-order valence-corrected chi connectivity index (χ1v) is 15.1. The van der Waals surface area contributed by atoms with Gasteiger partial charge in [-0.3, -0.25) is 9.69 Å². The van der Waals surface area contributed by atoms with Gasteiger partial charge in [-0.15, -0.1) is 0 Å². The SMILES string of the molecule is CCN(CC)CCN(C(=O)c1ccc(S(=O)(=O)N2CCCCC2C)cc1)c1nc2ccc(OC)cc2s1. The van der Waals surface area contributed by atoms with Gasteiger partial charge in [-0.25, -0.2) is 13.4 Å². The molecule has 1 amide bonds. The van der Waals surface area contributed by atoms with Crippen molar-refractivity contribution in [2.75, 3.05) is 44.7 Å². The number of thiazole rings is 1. The molecule has 37 heavy (non-hydrogen) atoms. The number of carbonyl (C=O) groups is 1. The third-order valence-electron chi connectivity index (χ3n) is 7.04. The molecule has 0 bridgehead atoms. The van der Waals surface area contributed by atoms with E-state index in [-0.39, 0.29) is 16.8 Å². The molecule has 1 aromatic heterocycles. The number of fused-ring (bicyclic) bond motifs is 1. The van der Waals surface area contributed by atoms with Crippen LogP contribution in [0.4, 0.5) is 5.13 Å². The van der Waals surface area contributed by atoms with Gasteiger partial charge in [0.1, 0.15) is 5.75 Å². The Bertz CT molecular complexity index is 1320. The summed E-state index contributed by atoms with van der Waals surface area (Å²) < 4.78 is 34.3. The van der Waals surface area contributed by atoms with Gasteiger partial charge in [0.2, 0.25) is 10.0 Å². The van der Waals surface area contributed by atoms with Gasteiger partial charge in [-0.2, -0.15) is 4.31 Å². The van der Waals surface area contributed by atoms with Gasteiger partial charge in [-0.05, 0) is 75.3 Å². The summed E-state index contributed by atoms with van der Waals surface area (Å²) in [5.41, 5.74) is 1.24. The highest BCUT2D eigenvalue weighted by Crippen LogP contribution is 2.32. The quantitative estimate of drug-likeness (QED) is 0.363. The molecule has 0 radical (unpaired) electrons. The Morgan fingerprint density at radius 3 is 2.49 bits per heavy atom. The Kier molecular flexibility index (Phi) is 8.84. The zero-order valence-corrected chi connectivity index (χ0v) is 23.6. The van der Waals surface area contributed by atoms with Crippen LogP contribution in [0.25, 0.3) is 10.2 Å². The number of benzene rings is 2. The molecular formula is C27H36N4O4S2. The normalized spacial score (nSPS) is 16.8. The molecular weight excluding hydrogens is 508 g/mol. The monoisotopic (exact) mass is 544 g/mol. The van der Waals surface area contributed by atoms with Crippen molar-refractivity contribution in [3.63, 3.8) is 0 Å². The number of piperidine rings is 1. The molecule has 0 aliphatic carbocycles. The van der Waals surface area contributed by atoms with Gasteiger partial charge >= 0.3 is 0 Å². The molecule has 2 aromatic carbocycles. The highest BCUT2D eigenvalue weighted by Gasteiger charge is 2.31. The van der Waals surface area contributed by atoms with E-state index in [0.29, 0.717) is 30.3 Å². The minimum atomic E-state index is -3.60. The van der Waals surface area contributed by atoms with Gasteiger partial charge in [-0.1, -0.05) is 31.6 Å². The zero-order valence-electron chi connectivity index (χ0n) is 22.0. The second-order valence-corrected chi connectivity index (χ2v) is 12.2. The van der Waals surface area contributed by atoms with Crippen LogP contribution in [-0.4, -0.2) is 74.4 Å². The van der Waals surface area contributed by atoms with Crippen molar-refractivity contribution in [1.29, 1.82) is 0 Å². The molecule has 3 aromatic rings. The summed E-state index contributed by atoms with van der Waals surface area (Å²) in [6, 6.07) is 12.0. The minimum absolute atomic E-state index is 0.0201. The molecule has 1 fully saturated rings. The lowest BCUT2D eigenvalue weighted by molar-refractivity contribution is 0.0983. The summed E-state index contributed by atoms with van der Waals surface area (Å²) in [5, 5.41) is 0.610. The molecule has 0 spiro atoms. The Hall–Kier alpha value is -2.53. The van der Waals surface area contributed by atoms with Crippen LogP contribution in [0.15, 0.2) is 47.4 Å². The van der Waals surface area contributed by atoms with Crippen LogP contribution in [0.3, 0.4) is 0 Å². The Balaban J connectivity index is 1.62. The first-order chi connectivity index (χ1) is 17.8. The van der Waals surface area contributed by atoms with Gasteiger partial charge in [0.25, 0.3) is 5.91 Å². The molecule has 0 saturated carbocycles. The van der Waals surface area contributed by atoms with Gasteiger partial charge < -0.3 is 9.64 Å². The molecule has 4 rings (SSSR count). The average molecular weight is 545 g/mol. The van der Waals surface area contributed by atoms with Crippen LogP contribution < -0.4 is 9.64 Å². The number of likely N-dealkylation sites (N-methyl/N-ethyl adjacent to an activating group) is 1. The molecule has 1 aliphatic heterocycles. The molecule has 2 heterocycles.